The molecule has 0 aromatic rings. The van der Waals surface area contributed by atoms with Crippen LogP contribution in [-0.2, 0) is 0 Å². The number of aliphatic hydroxyl groups excluding tert-OH is 1. The molecule has 32 heavy (non-hydrogen) atoms. The highest BCUT2D eigenvalue weighted by atomic mass is 16.3. The number of hydrogen-bond acceptors (Lipinski definition) is 1. The van der Waals surface area contributed by atoms with E-state index < -0.39 is 0 Å². The van der Waals surface area contributed by atoms with Gasteiger partial charge in [0, 0.05) is 0 Å². The van der Waals surface area contributed by atoms with Crippen LogP contribution in [0.4, 0.5) is 0 Å². The first-order chi connectivity index (χ1) is 14.6. The average Bonchev–Trinajstić information content (AvgIpc) is 2.70. The van der Waals surface area contributed by atoms with E-state index >= 15 is 0 Å². The Balaban J connectivity index is 1.58. The lowest BCUT2D eigenvalue weighted by Gasteiger charge is -2.78. The summed E-state index contributed by atoms with van der Waals surface area (Å²) in [5.74, 6) is 2.09. The topological polar surface area (TPSA) is 20.2 Å². The predicted octanol–water partition coefficient (Wildman–Crippen LogP) is 8.64. The fraction of sp³-hybridized carbons (Fsp3) is 1.00. The van der Waals surface area contributed by atoms with E-state index in [1.807, 2.05) is 0 Å². The highest BCUT2D eigenvalue weighted by Gasteiger charge is 2.74. The normalized spacial score (nSPS) is 61.7. The minimum absolute atomic E-state index is 0.0837. The number of fused-ring (bicyclic) bond motifs is 7. The lowest BCUT2D eigenvalue weighted by atomic mass is 9.26. The van der Waals surface area contributed by atoms with E-state index in [2.05, 4.69) is 62.3 Å². The van der Waals surface area contributed by atoms with E-state index in [1.54, 1.807) is 0 Å². The van der Waals surface area contributed by atoms with E-state index in [-0.39, 0.29) is 6.10 Å². The lowest BCUT2D eigenvalue weighted by Crippen LogP contribution is -2.71. The second-order valence-electron chi connectivity index (χ2n) is 16.1. The van der Waals surface area contributed by atoms with Crippen molar-refractivity contribution in [2.24, 2.45) is 55.7 Å². The van der Waals surface area contributed by atoms with Crippen LogP contribution in [0.3, 0.4) is 0 Å². The van der Waals surface area contributed by atoms with Gasteiger partial charge in [0.2, 0.25) is 0 Å². The van der Waals surface area contributed by atoms with Crippen LogP contribution in [0.15, 0.2) is 0 Å². The summed E-state index contributed by atoms with van der Waals surface area (Å²) in [6.45, 7) is 23.7. The largest absolute Gasteiger partial charge is 0.393 e. The number of hydrogen-bond donors (Lipinski definition) is 1. The summed E-state index contributed by atoms with van der Waals surface area (Å²) in [5, 5.41) is 10.8. The molecule has 0 bridgehead atoms. The summed E-state index contributed by atoms with van der Waals surface area (Å²) in [7, 11) is 0. The maximum atomic E-state index is 10.8. The highest BCUT2D eigenvalue weighted by molar-refractivity contribution is 5.22. The van der Waals surface area contributed by atoms with Gasteiger partial charge in [-0.25, -0.2) is 0 Å². The minimum atomic E-state index is -0.0837. The van der Waals surface area contributed by atoms with Gasteiger partial charge < -0.3 is 5.11 Å². The van der Waals surface area contributed by atoms with Gasteiger partial charge in [-0.3, -0.25) is 0 Å². The molecule has 10 atom stereocenters. The smallest absolute Gasteiger partial charge is 0.0571 e. The predicted molar refractivity (Wildman–Crippen MR) is 135 cm³/mol. The Bertz CT molecular complexity index is 785. The molecule has 0 aliphatic heterocycles. The van der Waals surface area contributed by atoms with Crippen LogP contribution < -0.4 is 0 Å². The zero-order valence-electron chi connectivity index (χ0n) is 23.0. The monoisotopic (exact) mass is 442 g/mol. The molecule has 0 aromatic carbocycles. The quantitative estimate of drug-likeness (QED) is 0.398. The van der Waals surface area contributed by atoms with Gasteiger partial charge in [-0.2, -0.15) is 0 Å². The van der Waals surface area contributed by atoms with Crippen molar-refractivity contribution in [2.75, 3.05) is 0 Å². The Labute approximate surface area is 199 Å². The molecule has 0 amide bonds. The molecule has 0 heterocycles. The highest BCUT2D eigenvalue weighted by Crippen LogP contribution is 2.81. The van der Waals surface area contributed by atoms with Gasteiger partial charge in [-0.15, -0.1) is 0 Å². The van der Waals surface area contributed by atoms with E-state index in [0.717, 1.165) is 18.3 Å². The molecule has 0 aromatic heterocycles. The van der Waals surface area contributed by atoms with Crippen LogP contribution in [0, 0.1) is 55.7 Å². The first-order valence-corrected chi connectivity index (χ1v) is 14.3. The van der Waals surface area contributed by atoms with Crippen LogP contribution in [0.1, 0.15) is 133 Å². The third kappa shape index (κ3) is 2.57. The first-order valence-electron chi connectivity index (χ1n) is 14.3. The molecule has 0 radical (unpaired) electrons. The molecule has 5 aliphatic rings. The average molecular weight is 443 g/mol. The fourth-order valence-electron chi connectivity index (χ4n) is 12.1. The summed E-state index contributed by atoms with van der Waals surface area (Å²) in [5.41, 5.74) is 3.09. The van der Waals surface area contributed by atoms with Gasteiger partial charge in [-0.05, 0) is 126 Å². The van der Waals surface area contributed by atoms with Gasteiger partial charge in [0.1, 0.15) is 0 Å². The van der Waals surface area contributed by atoms with Crippen LogP contribution in [0.25, 0.3) is 0 Å². The molecule has 0 spiro atoms. The van der Waals surface area contributed by atoms with Gasteiger partial charge in [0.15, 0.2) is 0 Å². The molecular formula is C31H54O. The van der Waals surface area contributed by atoms with Crippen molar-refractivity contribution in [3.05, 3.63) is 0 Å². The maximum absolute atomic E-state index is 10.8. The van der Waals surface area contributed by atoms with E-state index in [4.69, 9.17) is 0 Å². The second-order valence-corrected chi connectivity index (χ2v) is 16.1. The Morgan fingerprint density at radius 1 is 0.594 bits per heavy atom. The molecule has 0 saturated heterocycles. The molecule has 1 nitrogen and oxygen atoms in total. The SMILES string of the molecule is C[C@H]1[C@@H](O)CC[C@@H]2[C@]1(C)CC[C@H]1[C@@]2(C)CC[C@@]2(C)[C@]3(C)CC(C)(C)CC[C@]3(C)CC[C@]12C. The number of aliphatic hydroxyl groups is 1. The summed E-state index contributed by atoms with van der Waals surface area (Å²) in [6.07, 6.45) is 14.9. The van der Waals surface area contributed by atoms with Crippen LogP contribution >= 0.6 is 0 Å². The fourth-order valence-corrected chi connectivity index (χ4v) is 12.1. The molecule has 5 fully saturated rings. The second kappa shape index (κ2) is 6.59. The maximum Gasteiger partial charge on any atom is 0.0571 e. The van der Waals surface area contributed by atoms with Crippen molar-refractivity contribution in [1.82, 2.24) is 0 Å². The Morgan fingerprint density at radius 2 is 1.25 bits per heavy atom. The Kier molecular flexibility index (Phi) is 4.88. The lowest BCUT2D eigenvalue weighted by molar-refractivity contribution is -0.294. The van der Waals surface area contributed by atoms with Gasteiger partial charge in [0.05, 0.1) is 6.10 Å². The zero-order chi connectivity index (χ0) is 23.6. The minimum Gasteiger partial charge on any atom is -0.393 e. The Morgan fingerprint density at radius 3 is 1.94 bits per heavy atom. The summed E-state index contributed by atoms with van der Waals surface area (Å²) in [4.78, 5) is 0. The molecule has 1 N–H and O–H groups in total. The van der Waals surface area contributed by atoms with Crippen molar-refractivity contribution in [3.8, 4) is 0 Å². The number of rotatable bonds is 0. The molecule has 1 heteroatoms. The van der Waals surface area contributed by atoms with Crippen LogP contribution in [0.2, 0.25) is 0 Å². The van der Waals surface area contributed by atoms with E-state index in [0.29, 0.717) is 43.8 Å². The van der Waals surface area contributed by atoms with Gasteiger partial charge >= 0.3 is 0 Å². The third-order valence-corrected chi connectivity index (χ3v) is 14.9. The van der Waals surface area contributed by atoms with Crippen molar-refractivity contribution >= 4 is 0 Å². The van der Waals surface area contributed by atoms with E-state index in [1.165, 1.54) is 64.2 Å². The van der Waals surface area contributed by atoms with Crippen molar-refractivity contribution in [3.63, 3.8) is 0 Å². The summed E-state index contributed by atoms with van der Waals surface area (Å²) in [6, 6.07) is 0. The zero-order valence-corrected chi connectivity index (χ0v) is 23.0. The molecule has 5 saturated carbocycles. The van der Waals surface area contributed by atoms with Crippen LogP contribution in [-0.4, -0.2) is 11.2 Å². The standard InChI is InChI=1S/C31H54O/c1-21-22(32)10-11-23-27(21,5)13-12-24-28(23,6)17-19-30(8)29(24,7)18-16-26(4)15-14-25(2,3)20-31(26,30)9/h21-24,32H,10-20H2,1-9H3/t21-,22-,23+,24-,26+,27+,28-,29+,30+,31+/m0/s1. The molecule has 184 valence electrons. The van der Waals surface area contributed by atoms with Crippen molar-refractivity contribution in [1.29, 1.82) is 0 Å². The van der Waals surface area contributed by atoms with Gasteiger partial charge in [-0.1, -0.05) is 62.3 Å². The van der Waals surface area contributed by atoms with Crippen molar-refractivity contribution < 1.29 is 5.11 Å². The first kappa shape index (κ1) is 23.7. The molecule has 5 aliphatic carbocycles. The molecule has 0 unspecified atom stereocenters. The Hall–Kier alpha value is -0.0400. The van der Waals surface area contributed by atoms with Crippen LogP contribution in [0.5, 0.6) is 0 Å². The van der Waals surface area contributed by atoms with Crippen molar-refractivity contribution in [2.45, 2.75) is 139 Å². The summed E-state index contributed by atoms with van der Waals surface area (Å²) < 4.78 is 0. The molecule has 5 rings (SSSR count). The third-order valence-electron chi connectivity index (χ3n) is 14.9. The summed E-state index contributed by atoms with van der Waals surface area (Å²) >= 11 is 0. The molecular weight excluding hydrogens is 388 g/mol. The van der Waals surface area contributed by atoms with Gasteiger partial charge in [0.25, 0.3) is 0 Å². The van der Waals surface area contributed by atoms with E-state index in [9.17, 15) is 5.11 Å².